The molecule has 3 aliphatic rings. The molecule has 5 aromatic carbocycles. The van der Waals surface area contributed by atoms with Gasteiger partial charge in [0, 0.05) is 37.5 Å². The number of aromatic nitrogens is 2. The van der Waals surface area contributed by atoms with Gasteiger partial charge in [-0.1, -0.05) is 163 Å². The molecule has 0 saturated carbocycles. The molecule has 0 amide bonds. The van der Waals surface area contributed by atoms with E-state index in [4.69, 9.17) is 9.97 Å². The van der Waals surface area contributed by atoms with E-state index in [0.29, 0.717) is 23.7 Å². The van der Waals surface area contributed by atoms with E-state index in [1.165, 1.54) is 75.2 Å². The number of rotatable bonds is 7. The molecule has 0 bridgehead atoms. The molecule has 0 unspecified atom stereocenters. The first kappa shape index (κ1) is 35.3. The van der Waals surface area contributed by atoms with E-state index in [1.807, 2.05) is 35.9 Å². The molecule has 0 fully saturated rings. The molecule has 0 atom stereocenters. The Morgan fingerprint density at radius 1 is 0.481 bits per heavy atom. The first-order valence-electron chi connectivity index (χ1n) is 19.4. The van der Waals surface area contributed by atoms with E-state index in [9.17, 15) is 0 Å². The third-order valence-corrected chi connectivity index (χ3v) is 13.5. The molecule has 269 valence electrons. The van der Waals surface area contributed by atoms with Crippen LogP contribution in [0.1, 0.15) is 107 Å². The zero-order valence-electron chi connectivity index (χ0n) is 32.4. The van der Waals surface area contributed by atoms with Crippen molar-refractivity contribution in [2.45, 2.75) is 98.6 Å². The van der Waals surface area contributed by atoms with E-state index in [2.05, 4.69) is 162 Å². The maximum Gasteiger partial charge on any atom is 0.247 e. The Balaban J connectivity index is 1.38. The fraction of sp³-hybridized carbons (Fsp3) is 0.255. The molecule has 0 N–H and O–H groups in total. The quantitative estimate of drug-likeness (QED) is 0.151. The second kappa shape index (κ2) is 13.7. The first-order chi connectivity index (χ1) is 26.1. The summed E-state index contributed by atoms with van der Waals surface area (Å²) < 4.78 is 0. The Bertz CT molecular complexity index is 2210. The Labute approximate surface area is 329 Å². The summed E-state index contributed by atoms with van der Waals surface area (Å²) in [5.41, 5.74) is 13.1. The van der Waals surface area contributed by atoms with Crippen LogP contribution in [0.5, 0.6) is 0 Å². The lowest BCUT2D eigenvalue weighted by Crippen LogP contribution is -2.58. The molecule has 4 nitrogen and oxygen atoms in total. The van der Waals surface area contributed by atoms with Crippen molar-refractivity contribution in [3.63, 3.8) is 0 Å². The fourth-order valence-corrected chi connectivity index (χ4v) is 11.2. The van der Waals surface area contributed by atoms with Crippen molar-refractivity contribution in [3.8, 4) is 0 Å². The van der Waals surface area contributed by atoms with Crippen LogP contribution in [0.25, 0.3) is 0 Å². The zero-order chi connectivity index (χ0) is 37.4. The third kappa shape index (κ3) is 5.52. The van der Waals surface area contributed by atoms with Gasteiger partial charge < -0.3 is 0 Å². The van der Waals surface area contributed by atoms with Gasteiger partial charge in [0.15, 0.2) is 17.8 Å². The highest BCUT2D eigenvalue weighted by atomic mass is 32.2. The lowest BCUT2D eigenvalue weighted by Gasteiger charge is -2.38. The molecule has 0 aliphatic carbocycles. The van der Waals surface area contributed by atoms with Crippen LogP contribution >= 0.6 is 23.5 Å². The summed E-state index contributed by atoms with van der Waals surface area (Å²) in [7, 11) is 0. The van der Waals surface area contributed by atoms with Crippen molar-refractivity contribution in [1.29, 1.82) is 0 Å². The lowest BCUT2D eigenvalue weighted by atomic mass is 9.36. The summed E-state index contributed by atoms with van der Waals surface area (Å²) in [5.74, 6) is 2.94. The highest BCUT2D eigenvalue weighted by Gasteiger charge is 2.47. The molecule has 9 rings (SSSR count). The maximum atomic E-state index is 5.22. The van der Waals surface area contributed by atoms with Gasteiger partial charge >= 0.3 is 0 Å². The number of hydrogen-bond acceptors (Lipinski definition) is 6. The number of fused-ring (bicyclic) bond motifs is 5. The van der Waals surface area contributed by atoms with Crippen molar-refractivity contribution in [1.82, 2.24) is 9.97 Å². The van der Waals surface area contributed by atoms with Crippen molar-refractivity contribution in [3.05, 3.63) is 143 Å². The van der Waals surface area contributed by atoms with Crippen LogP contribution in [0, 0.1) is 6.17 Å². The minimum absolute atomic E-state index is 0.198. The van der Waals surface area contributed by atoms with Gasteiger partial charge in [-0.25, -0.2) is 9.97 Å². The predicted octanol–water partition coefficient (Wildman–Crippen LogP) is 11.2. The van der Waals surface area contributed by atoms with Gasteiger partial charge in [0.1, 0.15) is 0 Å². The molecule has 0 saturated heterocycles. The highest BCUT2D eigenvalue weighted by Crippen LogP contribution is 2.57. The van der Waals surface area contributed by atoms with Gasteiger partial charge in [-0.3, -0.25) is 9.80 Å². The lowest BCUT2D eigenvalue weighted by molar-refractivity contribution is 0.804. The van der Waals surface area contributed by atoms with Crippen LogP contribution < -0.4 is 26.2 Å². The van der Waals surface area contributed by atoms with Crippen LogP contribution in [0.15, 0.2) is 129 Å². The van der Waals surface area contributed by atoms with Crippen LogP contribution in [0.2, 0.25) is 0 Å². The molecule has 6 aromatic rings. The van der Waals surface area contributed by atoms with Crippen LogP contribution in [-0.2, 0) is 0 Å². The van der Waals surface area contributed by atoms with E-state index < -0.39 is 0 Å². The number of anilines is 4. The van der Waals surface area contributed by atoms with Crippen molar-refractivity contribution in [2.75, 3.05) is 9.80 Å². The molecular formula is C47H46BN4S2. The van der Waals surface area contributed by atoms with E-state index in [-0.39, 0.29) is 6.71 Å². The Hall–Kier alpha value is -4.46. The van der Waals surface area contributed by atoms with Crippen molar-refractivity contribution in [2.24, 2.45) is 0 Å². The number of benzene rings is 5. The van der Waals surface area contributed by atoms with Gasteiger partial charge in [-0.2, -0.15) is 0 Å². The molecule has 54 heavy (non-hydrogen) atoms. The summed E-state index contributed by atoms with van der Waals surface area (Å²) in [4.78, 5) is 20.7. The summed E-state index contributed by atoms with van der Waals surface area (Å²) in [5, 5.41) is 0. The molecular weight excluding hydrogens is 695 g/mol. The minimum Gasteiger partial charge on any atom is -0.290 e. The Morgan fingerprint density at radius 3 is 1.26 bits per heavy atom. The van der Waals surface area contributed by atoms with E-state index >= 15 is 0 Å². The average Bonchev–Trinajstić information content (AvgIpc) is 3.51. The van der Waals surface area contributed by atoms with Gasteiger partial charge in [-0.05, 0) is 75.7 Å². The smallest absolute Gasteiger partial charge is 0.247 e. The molecule has 1 radical (unpaired) electrons. The van der Waals surface area contributed by atoms with Gasteiger partial charge in [0.2, 0.25) is 6.71 Å². The van der Waals surface area contributed by atoms with Crippen molar-refractivity contribution >= 4 is 69.6 Å². The first-order valence-corrected chi connectivity index (χ1v) is 21.0. The van der Waals surface area contributed by atoms with E-state index in [1.54, 1.807) is 0 Å². The zero-order valence-corrected chi connectivity index (χ0v) is 34.0. The number of nitrogens with zero attached hydrogens (tertiary/aromatic N) is 4. The monoisotopic (exact) mass is 741 g/mol. The number of hydrogen-bond donors (Lipinski definition) is 0. The largest absolute Gasteiger partial charge is 0.290 e. The molecule has 4 heterocycles. The Kier molecular flexibility index (Phi) is 8.94. The normalized spacial score (nSPS) is 14.6. The number of para-hydroxylation sites is 2. The summed E-state index contributed by atoms with van der Waals surface area (Å²) in [6.45, 7) is 18.7. The van der Waals surface area contributed by atoms with E-state index in [0.717, 1.165) is 17.8 Å². The SMILES string of the molecule is CC(C)c1cccc(C(C)C)c1N1[C](c2cc3c4c(c2)Sc2ccccc2B4c2ccccc2S3)N(c2c(C(C)C)cccc2C(C)C)c2nccnc21. The van der Waals surface area contributed by atoms with Gasteiger partial charge in [0.05, 0.1) is 11.4 Å². The molecule has 7 heteroatoms. The Morgan fingerprint density at radius 2 is 0.870 bits per heavy atom. The molecule has 0 spiro atoms. The molecule has 3 aliphatic heterocycles. The second-order valence-electron chi connectivity index (χ2n) is 16.0. The van der Waals surface area contributed by atoms with Crippen LogP contribution in [-0.4, -0.2) is 16.7 Å². The van der Waals surface area contributed by atoms with Gasteiger partial charge in [0.25, 0.3) is 0 Å². The standard InChI is InChI=1S/C47H46BN4S2/c1-27(2)32-15-13-16-33(28(3)4)43(32)51-45-46(50-24-23-49-45)52(44-34(29(5)6)17-14-18-35(44)30(7)8)47(51)31-25-40-42-41(26-31)54-39-22-12-10-20-37(39)48(42)36-19-9-11-21-38(36)53-40/h9-30H,1-8H3. The van der Waals surface area contributed by atoms with Gasteiger partial charge in [-0.15, -0.1) is 0 Å². The summed E-state index contributed by atoms with van der Waals surface area (Å²) in [6.07, 6.45) is 4.81. The van der Waals surface area contributed by atoms with Crippen LogP contribution in [0.4, 0.5) is 23.0 Å². The van der Waals surface area contributed by atoms with Crippen LogP contribution in [0.3, 0.4) is 0 Å². The minimum atomic E-state index is 0.198. The summed E-state index contributed by atoms with van der Waals surface area (Å²) >= 11 is 3.82. The second-order valence-corrected chi connectivity index (χ2v) is 18.2. The average molecular weight is 742 g/mol. The highest BCUT2D eigenvalue weighted by molar-refractivity contribution is 8.01. The van der Waals surface area contributed by atoms with Crippen molar-refractivity contribution < 1.29 is 0 Å². The predicted molar refractivity (Wildman–Crippen MR) is 230 cm³/mol. The topological polar surface area (TPSA) is 32.3 Å². The third-order valence-electron chi connectivity index (χ3n) is 11.2. The summed E-state index contributed by atoms with van der Waals surface area (Å²) in [6, 6.07) is 36.7. The maximum absolute atomic E-state index is 5.22. The fourth-order valence-electron chi connectivity index (χ4n) is 8.68. The molecule has 1 aromatic heterocycles.